The number of anilines is 1. The summed E-state index contributed by atoms with van der Waals surface area (Å²) in [4.78, 5) is 25.7. The van der Waals surface area contributed by atoms with Crippen LogP contribution in [0.3, 0.4) is 0 Å². The van der Waals surface area contributed by atoms with Crippen molar-refractivity contribution in [1.29, 1.82) is 0 Å². The predicted octanol–water partition coefficient (Wildman–Crippen LogP) is 4.46. The average molecular weight is 399 g/mol. The van der Waals surface area contributed by atoms with Gasteiger partial charge in [-0.05, 0) is 42.5 Å². The Labute approximate surface area is 169 Å². The molecule has 0 spiro atoms. The van der Waals surface area contributed by atoms with Gasteiger partial charge in [-0.1, -0.05) is 38.1 Å². The number of nitrogens with zero attached hydrogens (tertiary/aromatic N) is 2. The summed E-state index contributed by atoms with van der Waals surface area (Å²) in [7, 11) is 0. The zero-order chi connectivity index (χ0) is 21.0. The zero-order valence-corrected chi connectivity index (χ0v) is 16.7. The third kappa shape index (κ3) is 4.91. The van der Waals surface area contributed by atoms with E-state index in [2.05, 4.69) is 5.32 Å². The van der Waals surface area contributed by atoms with Gasteiger partial charge >= 0.3 is 0 Å². The summed E-state index contributed by atoms with van der Waals surface area (Å²) >= 11 is 0. The van der Waals surface area contributed by atoms with Crippen molar-refractivity contribution in [3.63, 3.8) is 0 Å². The Balaban J connectivity index is 1.64. The quantitative estimate of drug-likeness (QED) is 0.575. The summed E-state index contributed by atoms with van der Waals surface area (Å²) in [5.41, 5.74) is 1.57. The molecule has 1 aliphatic heterocycles. The van der Waals surface area contributed by atoms with Crippen molar-refractivity contribution in [3.05, 3.63) is 70.0 Å². The third-order valence-corrected chi connectivity index (χ3v) is 5.48. The minimum atomic E-state index is -0.371. The van der Waals surface area contributed by atoms with Gasteiger partial charge in [0.25, 0.3) is 5.69 Å². The van der Waals surface area contributed by atoms with Gasteiger partial charge in [-0.25, -0.2) is 4.39 Å². The summed E-state index contributed by atoms with van der Waals surface area (Å²) in [6, 6.07) is 12.7. The summed E-state index contributed by atoms with van der Waals surface area (Å²) in [5, 5.41) is 14.4. The fourth-order valence-corrected chi connectivity index (χ4v) is 3.84. The second-order valence-corrected chi connectivity index (χ2v) is 7.79. The monoisotopic (exact) mass is 399 g/mol. The standard InChI is InChI=1S/C22H26FN3O3/c1-15(2)21(16-7-9-18(23)10-8-16)24-22(27)17-11-13-25(14-12-17)19-5-3-4-6-20(19)26(28)29/h3-10,15,17,21H,11-14H2,1-2H3,(H,24,27). The number of nitro benzene ring substituents is 1. The van der Waals surface area contributed by atoms with Crippen LogP contribution in [0.1, 0.15) is 38.3 Å². The Hall–Kier alpha value is -2.96. The molecule has 1 heterocycles. The molecule has 1 saturated heterocycles. The Kier molecular flexibility index (Phi) is 6.46. The molecular formula is C22H26FN3O3. The second kappa shape index (κ2) is 9.03. The fourth-order valence-electron chi connectivity index (χ4n) is 3.84. The first-order valence-corrected chi connectivity index (χ1v) is 9.91. The van der Waals surface area contributed by atoms with E-state index in [1.807, 2.05) is 18.7 Å². The van der Waals surface area contributed by atoms with Gasteiger partial charge in [0.05, 0.1) is 11.0 Å². The largest absolute Gasteiger partial charge is 0.366 e. The normalized spacial score (nSPS) is 15.9. The van der Waals surface area contributed by atoms with Crippen LogP contribution < -0.4 is 10.2 Å². The highest BCUT2D eigenvalue weighted by molar-refractivity contribution is 5.79. The highest BCUT2D eigenvalue weighted by Crippen LogP contribution is 2.31. The number of carbonyl (C=O) groups is 1. The molecule has 2 aromatic rings. The van der Waals surface area contributed by atoms with E-state index in [1.54, 1.807) is 30.3 Å². The Morgan fingerprint density at radius 2 is 1.76 bits per heavy atom. The highest BCUT2D eigenvalue weighted by Gasteiger charge is 2.30. The number of nitro groups is 1. The molecule has 0 bridgehead atoms. The lowest BCUT2D eigenvalue weighted by atomic mass is 9.92. The molecule has 6 nitrogen and oxygen atoms in total. The van der Waals surface area contributed by atoms with Crippen molar-refractivity contribution in [2.45, 2.75) is 32.7 Å². The first-order chi connectivity index (χ1) is 13.9. The molecule has 2 aromatic carbocycles. The van der Waals surface area contributed by atoms with Crippen LogP contribution in [0.4, 0.5) is 15.8 Å². The molecule has 1 fully saturated rings. The van der Waals surface area contributed by atoms with Gasteiger partial charge in [-0.15, -0.1) is 0 Å². The summed E-state index contributed by atoms with van der Waals surface area (Å²) in [6.45, 7) is 5.22. The van der Waals surface area contributed by atoms with E-state index >= 15 is 0 Å². The van der Waals surface area contributed by atoms with E-state index in [1.165, 1.54) is 18.2 Å². The molecule has 7 heteroatoms. The molecule has 154 valence electrons. The number of hydrogen-bond acceptors (Lipinski definition) is 4. The minimum absolute atomic E-state index is 0.0183. The van der Waals surface area contributed by atoms with Crippen LogP contribution in [0.25, 0.3) is 0 Å². The number of amides is 1. The molecule has 0 aliphatic carbocycles. The van der Waals surface area contributed by atoms with Gasteiger partial charge in [-0.2, -0.15) is 0 Å². The number of halogens is 1. The molecule has 29 heavy (non-hydrogen) atoms. The molecule has 0 saturated carbocycles. The molecule has 1 unspecified atom stereocenters. The van der Waals surface area contributed by atoms with Crippen molar-refractivity contribution in [1.82, 2.24) is 5.32 Å². The predicted molar refractivity (Wildman–Crippen MR) is 110 cm³/mol. The Bertz CT molecular complexity index is 862. The van der Waals surface area contributed by atoms with Crippen LogP contribution in [-0.2, 0) is 4.79 Å². The van der Waals surface area contributed by atoms with Crippen LogP contribution in [0.2, 0.25) is 0 Å². The number of carbonyl (C=O) groups excluding carboxylic acids is 1. The van der Waals surface area contributed by atoms with Gasteiger partial charge in [0, 0.05) is 25.1 Å². The SMILES string of the molecule is CC(C)C(NC(=O)C1CCN(c2ccccc2[N+](=O)[O-])CC1)c1ccc(F)cc1. The van der Waals surface area contributed by atoms with Crippen LogP contribution in [0.5, 0.6) is 0 Å². The fraction of sp³-hybridized carbons (Fsp3) is 0.409. The average Bonchev–Trinajstić information content (AvgIpc) is 2.72. The molecule has 1 aliphatic rings. The summed E-state index contributed by atoms with van der Waals surface area (Å²) < 4.78 is 13.2. The van der Waals surface area contributed by atoms with Gasteiger partial charge in [0.1, 0.15) is 11.5 Å². The van der Waals surface area contributed by atoms with Gasteiger partial charge in [-0.3, -0.25) is 14.9 Å². The zero-order valence-electron chi connectivity index (χ0n) is 16.7. The lowest BCUT2D eigenvalue weighted by Gasteiger charge is -2.34. The smallest absolute Gasteiger partial charge is 0.292 e. The number of para-hydroxylation sites is 2. The lowest BCUT2D eigenvalue weighted by molar-refractivity contribution is -0.384. The van der Waals surface area contributed by atoms with Crippen molar-refractivity contribution >= 4 is 17.3 Å². The number of benzene rings is 2. The third-order valence-electron chi connectivity index (χ3n) is 5.48. The molecule has 0 aromatic heterocycles. The maximum absolute atomic E-state index is 13.2. The van der Waals surface area contributed by atoms with Crippen molar-refractivity contribution in [3.8, 4) is 0 Å². The Morgan fingerprint density at radius 1 is 1.14 bits per heavy atom. The topological polar surface area (TPSA) is 75.5 Å². The lowest BCUT2D eigenvalue weighted by Crippen LogP contribution is -2.42. The second-order valence-electron chi connectivity index (χ2n) is 7.79. The maximum Gasteiger partial charge on any atom is 0.292 e. The van der Waals surface area contributed by atoms with E-state index in [-0.39, 0.29) is 40.2 Å². The highest BCUT2D eigenvalue weighted by atomic mass is 19.1. The van der Waals surface area contributed by atoms with Crippen LogP contribution >= 0.6 is 0 Å². The molecule has 3 rings (SSSR count). The molecule has 1 amide bonds. The molecular weight excluding hydrogens is 373 g/mol. The molecule has 1 N–H and O–H groups in total. The molecule has 0 radical (unpaired) electrons. The number of piperidine rings is 1. The Morgan fingerprint density at radius 3 is 2.34 bits per heavy atom. The number of rotatable bonds is 6. The van der Waals surface area contributed by atoms with E-state index in [0.717, 1.165) is 5.56 Å². The van der Waals surface area contributed by atoms with Gasteiger partial charge in [0.2, 0.25) is 5.91 Å². The van der Waals surface area contributed by atoms with E-state index in [9.17, 15) is 19.3 Å². The molecule has 1 atom stereocenters. The first kappa shape index (κ1) is 20.8. The van der Waals surface area contributed by atoms with Crippen molar-refractivity contribution in [2.24, 2.45) is 11.8 Å². The van der Waals surface area contributed by atoms with Crippen LogP contribution in [-0.4, -0.2) is 23.9 Å². The summed E-state index contributed by atoms with van der Waals surface area (Å²) in [6.07, 6.45) is 1.26. The van der Waals surface area contributed by atoms with Crippen LogP contribution in [0.15, 0.2) is 48.5 Å². The van der Waals surface area contributed by atoms with E-state index < -0.39 is 0 Å². The number of nitrogens with one attached hydrogen (secondary N) is 1. The van der Waals surface area contributed by atoms with Crippen LogP contribution in [0, 0.1) is 27.8 Å². The first-order valence-electron chi connectivity index (χ1n) is 9.91. The van der Waals surface area contributed by atoms with Crippen molar-refractivity contribution in [2.75, 3.05) is 18.0 Å². The summed E-state index contributed by atoms with van der Waals surface area (Å²) in [5.74, 6) is -0.299. The van der Waals surface area contributed by atoms with E-state index in [4.69, 9.17) is 0 Å². The van der Waals surface area contributed by atoms with Crippen molar-refractivity contribution < 1.29 is 14.1 Å². The van der Waals surface area contributed by atoms with E-state index in [0.29, 0.717) is 31.6 Å². The van der Waals surface area contributed by atoms with Gasteiger partial charge < -0.3 is 10.2 Å². The van der Waals surface area contributed by atoms with Gasteiger partial charge in [0.15, 0.2) is 0 Å². The minimum Gasteiger partial charge on any atom is -0.366 e. The maximum atomic E-state index is 13.2. The number of hydrogen-bond donors (Lipinski definition) is 1.